The molecule has 1 saturated heterocycles. The van der Waals surface area contributed by atoms with Crippen molar-refractivity contribution in [3.63, 3.8) is 0 Å². The number of carbonyl (C=O) groups excluding carboxylic acids is 3. The number of anilines is 2. The highest BCUT2D eigenvalue weighted by Gasteiger charge is 2.56. The van der Waals surface area contributed by atoms with E-state index >= 15 is 0 Å². The van der Waals surface area contributed by atoms with Crippen LogP contribution in [0.1, 0.15) is 16.4 Å². The van der Waals surface area contributed by atoms with Crippen LogP contribution in [-0.2, 0) is 14.4 Å². The molecule has 0 unspecified atom stereocenters. The minimum absolute atomic E-state index is 0.282. The SMILES string of the molecule is O=C(COc1ccc([C@@H]2c3sc(=O)[nH]c3S[C@H]3C(=O)N(c4ccc(F)cc4)C(=O)[C@@H]23)cc1)Nc1ccc(F)cc1. The molecule has 3 atom stereocenters. The van der Waals surface area contributed by atoms with Gasteiger partial charge in [0.2, 0.25) is 11.8 Å². The van der Waals surface area contributed by atoms with Gasteiger partial charge in [-0.05, 0) is 66.2 Å². The summed E-state index contributed by atoms with van der Waals surface area (Å²) in [4.78, 5) is 55.8. The zero-order valence-corrected chi connectivity index (χ0v) is 22.1. The number of nitrogens with one attached hydrogen (secondary N) is 2. The number of H-pyrrole nitrogens is 1. The Balaban J connectivity index is 1.24. The Morgan fingerprint density at radius 2 is 1.55 bits per heavy atom. The summed E-state index contributed by atoms with van der Waals surface area (Å²) in [7, 11) is 0. The Kier molecular flexibility index (Phi) is 6.72. The molecule has 3 amide bonds. The predicted molar refractivity (Wildman–Crippen MR) is 146 cm³/mol. The number of hydrogen-bond acceptors (Lipinski definition) is 7. The summed E-state index contributed by atoms with van der Waals surface area (Å²) in [5.74, 6) is -3.15. The van der Waals surface area contributed by atoms with Gasteiger partial charge in [-0.25, -0.2) is 13.7 Å². The molecule has 6 rings (SSSR count). The molecule has 0 saturated carbocycles. The fourth-order valence-electron chi connectivity index (χ4n) is 4.87. The van der Waals surface area contributed by atoms with Crippen LogP contribution in [0.2, 0.25) is 0 Å². The predicted octanol–water partition coefficient (Wildman–Crippen LogP) is 4.53. The largest absolute Gasteiger partial charge is 0.484 e. The molecule has 0 aliphatic carbocycles. The molecular weight excluding hydrogens is 560 g/mol. The number of benzene rings is 3. The Bertz CT molecular complexity index is 1670. The van der Waals surface area contributed by atoms with Crippen molar-refractivity contribution in [3.05, 3.63) is 105 Å². The number of aromatic amines is 1. The number of imide groups is 1. The topological polar surface area (TPSA) is 109 Å². The van der Waals surface area contributed by atoms with Crippen LogP contribution in [0, 0.1) is 17.6 Å². The van der Waals surface area contributed by atoms with Crippen molar-refractivity contribution < 1.29 is 27.9 Å². The van der Waals surface area contributed by atoms with Gasteiger partial charge < -0.3 is 15.0 Å². The number of thiazole rings is 1. The second kappa shape index (κ2) is 10.4. The standard InChI is InChI=1S/C28H19F2N3O5S2/c29-15-3-7-17(8-4-15)31-20(34)13-38-19-11-1-14(2-12-19)21-22-24(39-25-23(21)40-28(37)32-25)27(36)33(26(22)35)18-9-5-16(30)6-10-18/h1-12,21-22,24H,13H2,(H,31,34)(H,32,37)/t21-,22-,24+/m0/s1. The molecule has 0 radical (unpaired) electrons. The van der Waals surface area contributed by atoms with Gasteiger partial charge in [-0.3, -0.25) is 19.2 Å². The van der Waals surface area contributed by atoms with Gasteiger partial charge in [0.05, 0.1) is 16.6 Å². The van der Waals surface area contributed by atoms with Crippen LogP contribution < -0.4 is 19.8 Å². The van der Waals surface area contributed by atoms with Gasteiger partial charge >= 0.3 is 4.87 Å². The number of nitrogens with zero attached hydrogens (tertiary/aromatic N) is 1. The van der Waals surface area contributed by atoms with Crippen molar-refractivity contribution in [2.45, 2.75) is 16.2 Å². The third-order valence-corrected chi connectivity index (χ3v) is 9.05. The fourth-order valence-corrected chi connectivity index (χ4v) is 7.39. The minimum Gasteiger partial charge on any atom is -0.484 e. The zero-order chi connectivity index (χ0) is 28.0. The number of amides is 3. The van der Waals surface area contributed by atoms with E-state index in [1.54, 1.807) is 24.3 Å². The van der Waals surface area contributed by atoms with E-state index in [9.17, 15) is 28.0 Å². The van der Waals surface area contributed by atoms with Gasteiger partial charge in [-0.15, -0.1) is 0 Å². The van der Waals surface area contributed by atoms with Crippen LogP contribution in [0.15, 0.2) is 82.6 Å². The molecule has 1 fully saturated rings. The highest BCUT2D eigenvalue weighted by Crippen LogP contribution is 2.53. The first-order valence-electron chi connectivity index (χ1n) is 12.1. The average Bonchev–Trinajstić information content (AvgIpc) is 3.44. The highest BCUT2D eigenvalue weighted by atomic mass is 32.2. The molecule has 2 aliphatic rings. The number of ether oxygens (including phenoxy) is 1. The lowest BCUT2D eigenvalue weighted by Crippen LogP contribution is -2.32. The van der Waals surface area contributed by atoms with Crippen LogP contribution in [0.5, 0.6) is 5.75 Å². The summed E-state index contributed by atoms with van der Waals surface area (Å²) in [6, 6.07) is 17.3. The molecule has 40 heavy (non-hydrogen) atoms. The monoisotopic (exact) mass is 579 g/mol. The molecule has 12 heteroatoms. The summed E-state index contributed by atoms with van der Waals surface area (Å²) < 4.78 is 32.1. The summed E-state index contributed by atoms with van der Waals surface area (Å²) in [6.45, 7) is -0.287. The normalized spacial score (nSPS) is 19.8. The van der Waals surface area contributed by atoms with Crippen molar-refractivity contribution in [3.8, 4) is 5.75 Å². The molecule has 0 bridgehead atoms. The second-order valence-corrected chi connectivity index (χ2v) is 11.3. The van der Waals surface area contributed by atoms with Gasteiger partial charge in [0.15, 0.2) is 6.61 Å². The number of hydrogen-bond donors (Lipinski definition) is 2. The fraction of sp³-hybridized carbons (Fsp3) is 0.143. The maximum absolute atomic E-state index is 13.7. The molecule has 1 aromatic heterocycles. The van der Waals surface area contributed by atoms with Crippen LogP contribution in [0.25, 0.3) is 0 Å². The first kappa shape index (κ1) is 26.0. The van der Waals surface area contributed by atoms with Crippen molar-refractivity contribution in [1.29, 1.82) is 0 Å². The number of carbonyl (C=O) groups is 3. The lowest BCUT2D eigenvalue weighted by Gasteiger charge is -2.29. The van der Waals surface area contributed by atoms with Crippen LogP contribution >= 0.6 is 23.1 Å². The van der Waals surface area contributed by atoms with Crippen molar-refractivity contribution in [1.82, 2.24) is 4.98 Å². The van der Waals surface area contributed by atoms with E-state index < -0.39 is 46.4 Å². The van der Waals surface area contributed by atoms with Gasteiger partial charge in [0.25, 0.3) is 5.91 Å². The Labute approximate surface area is 234 Å². The molecule has 2 N–H and O–H groups in total. The third-order valence-electron chi connectivity index (χ3n) is 6.65. The summed E-state index contributed by atoms with van der Waals surface area (Å²) in [5, 5.41) is 2.38. The molecule has 8 nitrogen and oxygen atoms in total. The minimum atomic E-state index is -0.783. The second-order valence-electron chi connectivity index (χ2n) is 9.15. The van der Waals surface area contributed by atoms with Crippen molar-refractivity contribution >= 4 is 52.2 Å². The first-order valence-corrected chi connectivity index (χ1v) is 13.8. The summed E-state index contributed by atoms with van der Waals surface area (Å²) in [6.07, 6.45) is 0. The van der Waals surface area contributed by atoms with Crippen LogP contribution in [0.4, 0.5) is 20.2 Å². The van der Waals surface area contributed by atoms with Gasteiger partial charge in [-0.2, -0.15) is 0 Å². The molecule has 4 aromatic rings. The van der Waals surface area contributed by atoms with Gasteiger partial charge in [-0.1, -0.05) is 35.2 Å². The van der Waals surface area contributed by atoms with E-state index in [1.165, 1.54) is 48.5 Å². The van der Waals surface area contributed by atoms with Crippen molar-refractivity contribution in [2.24, 2.45) is 5.92 Å². The lowest BCUT2D eigenvalue weighted by atomic mass is 9.83. The van der Waals surface area contributed by atoms with E-state index in [4.69, 9.17) is 4.74 Å². The molecule has 3 aromatic carbocycles. The third kappa shape index (κ3) is 4.80. The van der Waals surface area contributed by atoms with E-state index in [0.29, 0.717) is 26.9 Å². The number of fused-ring (bicyclic) bond motifs is 2. The molecular formula is C28H19F2N3O5S2. The van der Waals surface area contributed by atoms with E-state index in [2.05, 4.69) is 10.3 Å². The summed E-state index contributed by atoms with van der Waals surface area (Å²) in [5.41, 5.74) is 1.41. The number of rotatable bonds is 6. The first-order chi connectivity index (χ1) is 19.3. The Morgan fingerprint density at radius 1 is 0.900 bits per heavy atom. The van der Waals surface area contributed by atoms with Gasteiger partial charge in [0.1, 0.15) is 22.6 Å². The molecule has 0 spiro atoms. The Morgan fingerprint density at radius 3 is 2.23 bits per heavy atom. The number of aromatic nitrogens is 1. The zero-order valence-electron chi connectivity index (χ0n) is 20.4. The van der Waals surface area contributed by atoms with Crippen LogP contribution in [-0.4, -0.2) is 34.6 Å². The van der Waals surface area contributed by atoms with Crippen molar-refractivity contribution in [2.75, 3.05) is 16.8 Å². The molecule has 2 aliphatic heterocycles. The van der Waals surface area contributed by atoms with E-state index in [1.807, 2.05) is 0 Å². The molecule has 3 heterocycles. The van der Waals surface area contributed by atoms with Gasteiger partial charge in [0, 0.05) is 16.5 Å². The van der Waals surface area contributed by atoms with E-state index in [-0.39, 0.29) is 17.2 Å². The smallest absolute Gasteiger partial charge is 0.305 e. The number of thioether (sulfide) groups is 1. The summed E-state index contributed by atoms with van der Waals surface area (Å²) >= 11 is 2.15. The number of halogens is 2. The maximum Gasteiger partial charge on any atom is 0.305 e. The van der Waals surface area contributed by atoms with Crippen LogP contribution in [0.3, 0.4) is 0 Å². The molecule has 202 valence electrons. The average molecular weight is 580 g/mol. The Hall–Kier alpha value is -4.29. The lowest BCUT2D eigenvalue weighted by molar-refractivity contribution is -0.122. The van der Waals surface area contributed by atoms with E-state index in [0.717, 1.165) is 28.0 Å². The quantitative estimate of drug-likeness (QED) is 0.325. The maximum atomic E-state index is 13.7. The highest BCUT2D eigenvalue weighted by molar-refractivity contribution is 8.00.